The summed E-state index contributed by atoms with van der Waals surface area (Å²) in [6.45, 7) is -0.0459. The van der Waals surface area contributed by atoms with E-state index in [0.29, 0.717) is 11.4 Å². The highest BCUT2D eigenvalue weighted by Gasteiger charge is 2.19. The molecule has 0 saturated carbocycles. The molecular formula is C11H13N4O4S+. The highest BCUT2D eigenvalue weighted by Crippen LogP contribution is 2.09. The molecule has 0 amide bonds. The van der Waals surface area contributed by atoms with Crippen molar-refractivity contribution in [2.45, 2.75) is 12.6 Å². The Labute approximate surface area is 115 Å². The third kappa shape index (κ3) is 4.30. The summed E-state index contributed by atoms with van der Waals surface area (Å²) < 4.78 is 31.2. The van der Waals surface area contributed by atoms with Crippen LogP contribution >= 0.6 is 0 Å². The summed E-state index contributed by atoms with van der Waals surface area (Å²) in [4.78, 5) is 8.13. The van der Waals surface area contributed by atoms with Gasteiger partial charge in [-0.05, 0) is 11.2 Å². The van der Waals surface area contributed by atoms with Crippen LogP contribution in [0.25, 0.3) is 11.4 Å². The Balaban J connectivity index is 2.06. The van der Waals surface area contributed by atoms with E-state index in [9.17, 15) is 13.5 Å². The Morgan fingerprint density at radius 3 is 2.55 bits per heavy atom. The van der Waals surface area contributed by atoms with E-state index in [2.05, 4.69) is 15.1 Å². The van der Waals surface area contributed by atoms with Gasteiger partial charge in [0.05, 0.1) is 0 Å². The molecule has 1 atom stereocenters. The summed E-state index contributed by atoms with van der Waals surface area (Å²) in [5.41, 5.74) is 0.700. The fourth-order valence-electron chi connectivity index (χ4n) is 1.58. The molecule has 0 aliphatic rings. The molecule has 0 fully saturated rings. The Morgan fingerprint density at radius 2 is 2.00 bits per heavy atom. The number of aromatic nitrogens is 4. The van der Waals surface area contributed by atoms with Gasteiger partial charge in [0.1, 0.15) is 18.1 Å². The SMILES string of the molecule is O=S(=O)(O)CC(O)C[n+]1ccc(-c2ncccn2)cn1. The molecule has 0 radical (unpaired) electrons. The van der Waals surface area contributed by atoms with Gasteiger partial charge in [0.2, 0.25) is 6.54 Å². The molecule has 2 N–H and O–H groups in total. The fourth-order valence-corrected chi connectivity index (χ4v) is 2.18. The molecule has 0 aliphatic carbocycles. The van der Waals surface area contributed by atoms with Gasteiger partial charge < -0.3 is 5.11 Å². The van der Waals surface area contributed by atoms with Crippen LogP contribution in [0.15, 0.2) is 36.9 Å². The van der Waals surface area contributed by atoms with Gasteiger partial charge in [-0.15, -0.1) is 0 Å². The molecule has 1 unspecified atom stereocenters. The second kappa shape index (κ2) is 5.99. The van der Waals surface area contributed by atoms with E-state index in [1.165, 1.54) is 10.9 Å². The zero-order valence-electron chi connectivity index (χ0n) is 10.4. The van der Waals surface area contributed by atoms with Crippen LogP contribution in [0.1, 0.15) is 0 Å². The highest BCUT2D eigenvalue weighted by atomic mass is 32.2. The van der Waals surface area contributed by atoms with Crippen LogP contribution < -0.4 is 4.68 Å². The summed E-state index contributed by atoms with van der Waals surface area (Å²) >= 11 is 0. The van der Waals surface area contributed by atoms with Crippen molar-refractivity contribution in [3.05, 3.63) is 36.9 Å². The predicted octanol–water partition coefficient (Wildman–Crippen LogP) is -0.925. The number of nitrogens with zero attached hydrogens (tertiary/aromatic N) is 4. The molecule has 0 saturated heterocycles. The van der Waals surface area contributed by atoms with Crippen molar-refractivity contribution in [3.8, 4) is 11.4 Å². The first-order valence-electron chi connectivity index (χ1n) is 5.70. The first-order valence-corrected chi connectivity index (χ1v) is 7.31. The number of hydrogen-bond donors (Lipinski definition) is 2. The molecule has 20 heavy (non-hydrogen) atoms. The molecule has 0 spiro atoms. The normalized spacial score (nSPS) is 13.1. The van der Waals surface area contributed by atoms with Gasteiger partial charge in [0, 0.05) is 24.0 Å². The Bertz CT molecular complexity index is 661. The van der Waals surface area contributed by atoms with Gasteiger partial charge >= 0.3 is 0 Å². The highest BCUT2D eigenvalue weighted by molar-refractivity contribution is 7.85. The lowest BCUT2D eigenvalue weighted by atomic mass is 10.3. The quantitative estimate of drug-likeness (QED) is 0.541. The lowest BCUT2D eigenvalue weighted by Crippen LogP contribution is -2.44. The van der Waals surface area contributed by atoms with Crippen LogP contribution in [-0.4, -0.2) is 45.0 Å². The van der Waals surface area contributed by atoms with E-state index in [-0.39, 0.29) is 6.54 Å². The molecular weight excluding hydrogens is 284 g/mol. The lowest BCUT2D eigenvalue weighted by Gasteiger charge is -2.03. The van der Waals surface area contributed by atoms with Gasteiger partial charge in [-0.25, -0.2) is 9.97 Å². The first kappa shape index (κ1) is 14.4. The molecule has 106 valence electrons. The van der Waals surface area contributed by atoms with E-state index in [0.717, 1.165) is 0 Å². The topological polar surface area (TPSA) is 117 Å². The number of aliphatic hydroxyl groups is 1. The van der Waals surface area contributed by atoms with E-state index in [1.807, 2.05) is 0 Å². The Kier molecular flexibility index (Phi) is 4.32. The van der Waals surface area contributed by atoms with Crippen LogP contribution in [0.2, 0.25) is 0 Å². The maximum absolute atomic E-state index is 10.6. The minimum absolute atomic E-state index is 0.0459. The van der Waals surface area contributed by atoms with Crippen molar-refractivity contribution in [2.75, 3.05) is 5.75 Å². The van der Waals surface area contributed by atoms with Crippen molar-refractivity contribution < 1.29 is 22.8 Å². The zero-order chi connectivity index (χ0) is 14.6. The third-order valence-corrected chi connectivity index (χ3v) is 3.20. The van der Waals surface area contributed by atoms with Crippen molar-refractivity contribution in [2.24, 2.45) is 0 Å². The second-order valence-corrected chi connectivity index (χ2v) is 5.61. The molecule has 2 aromatic rings. The number of rotatable bonds is 5. The monoisotopic (exact) mass is 297 g/mol. The molecule has 0 aliphatic heterocycles. The van der Waals surface area contributed by atoms with Crippen LogP contribution in [0.5, 0.6) is 0 Å². The summed E-state index contributed by atoms with van der Waals surface area (Å²) in [6, 6.07) is 3.40. The zero-order valence-corrected chi connectivity index (χ0v) is 11.2. The van der Waals surface area contributed by atoms with Gasteiger partial charge in [0.25, 0.3) is 10.1 Å². The second-order valence-electron chi connectivity index (χ2n) is 4.11. The van der Waals surface area contributed by atoms with Crippen molar-refractivity contribution >= 4 is 10.1 Å². The van der Waals surface area contributed by atoms with E-state index in [4.69, 9.17) is 4.55 Å². The summed E-state index contributed by atoms with van der Waals surface area (Å²) in [5, 5.41) is 13.5. The summed E-state index contributed by atoms with van der Waals surface area (Å²) in [5.74, 6) is -0.212. The van der Waals surface area contributed by atoms with Crippen molar-refractivity contribution in [1.29, 1.82) is 0 Å². The average Bonchev–Trinajstić information content (AvgIpc) is 2.38. The van der Waals surface area contributed by atoms with Gasteiger partial charge in [-0.2, -0.15) is 8.42 Å². The molecule has 2 rings (SSSR count). The largest absolute Gasteiger partial charge is 0.385 e. The van der Waals surface area contributed by atoms with E-state index >= 15 is 0 Å². The van der Waals surface area contributed by atoms with Crippen LogP contribution in [0.3, 0.4) is 0 Å². The molecule has 0 aromatic carbocycles. The minimum atomic E-state index is -4.21. The molecule has 2 aromatic heterocycles. The molecule has 8 nitrogen and oxygen atoms in total. The van der Waals surface area contributed by atoms with Crippen LogP contribution in [-0.2, 0) is 16.7 Å². The number of aliphatic hydroxyl groups excluding tert-OH is 1. The van der Waals surface area contributed by atoms with Gasteiger partial charge in [-0.1, -0.05) is 4.68 Å². The van der Waals surface area contributed by atoms with E-state index < -0.39 is 22.0 Å². The Morgan fingerprint density at radius 1 is 1.30 bits per heavy atom. The van der Waals surface area contributed by atoms with Crippen LogP contribution in [0, 0.1) is 0 Å². The van der Waals surface area contributed by atoms with Crippen molar-refractivity contribution in [3.63, 3.8) is 0 Å². The summed E-state index contributed by atoms with van der Waals surface area (Å²) in [7, 11) is -4.21. The Hall–Kier alpha value is -1.97. The minimum Gasteiger partial charge on any atom is -0.385 e. The maximum atomic E-state index is 10.6. The van der Waals surface area contributed by atoms with E-state index in [1.54, 1.807) is 30.7 Å². The summed E-state index contributed by atoms with van der Waals surface area (Å²) in [6.07, 6.45) is 5.06. The smallest absolute Gasteiger partial charge is 0.267 e. The predicted molar refractivity (Wildman–Crippen MR) is 67.9 cm³/mol. The molecule has 9 heteroatoms. The molecule has 2 heterocycles. The van der Waals surface area contributed by atoms with Crippen LogP contribution in [0.4, 0.5) is 0 Å². The first-order chi connectivity index (χ1) is 9.44. The maximum Gasteiger partial charge on any atom is 0.267 e. The lowest BCUT2D eigenvalue weighted by molar-refractivity contribution is -0.758. The number of hydrogen-bond acceptors (Lipinski definition) is 6. The fraction of sp³-hybridized carbons (Fsp3) is 0.273. The van der Waals surface area contributed by atoms with Crippen molar-refractivity contribution in [1.82, 2.24) is 15.1 Å². The standard InChI is InChI=1S/C11H12N4O4S/c16-10(8-20(17,18)19)7-15-5-2-9(6-14-15)11-12-3-1-4-13-11/h1-6,10,16H,7-8H2/p+1. The third-order valence-electron chi connectivity index (χ3n) is 2.40. The van der Waals surface area contributed by atoms with Gasteiger partial charge in [-0.3, -0.25) is 4.55 Å². The average molecular weight is 297 g/mol. The molecule has 0 bridgehead atoms. The van der Waals surface area contributed by atoms with Gasteiger partial charge in [0.15, 0.2) is 12.0 Å².